The number of carbonyl (C=O) groups is 2. The number of fused-ring (bicyclic) bond motifs is 1. The van der Waals surface area contributed by atoms with Crippen LogP contribution in [0.1, 0.15) is 55.9 Å². The molecule has 1 N–H and O–H groups in total. The van der Waals surface area contributed by atoms with E-state index in [9.17, 15) is 14.0 Å². The first-order valence-corrected chi connectivity index (χ1v) is 12.2. The molecule has 2 aliphatic heterocycles. The van der Waals surface area contributed by atoms with Crippen LogP contribution in [-0.2, 0) is 16.0 Å². The van der Waals surface area contributed by atoms with E-state index in [0.29, 0.717) is 51.1 Å². The summed E-state index contributed by atoms with van der Waals surface area (Å²) in [5, 5.41) is 3.11. The molecule has 2 atom stereocenters. The summed E-state index contributed by atoms with van der Waals surface area (Å²) in [4.78, 5) is 31.9. The number of methoxy groups -OCH3 is 1. The summed E-state index contributed by atoms with van der Waals surface area (Å²) in [6, 6.07) is 12.5. The number of para-hydroxylation sites is 2. The third-order valence-electron chi connectivity index (χ3n) is 7.24. The van der Waals surface area contributed by atoms with E-state index in [0.717, 1.165) is 29.5 Å². The zero-order chi connectivity index (χ0) is 24.4. The van der Waals surface area contributed by atoms with E-state index in [1.165, 1.54) is 13.2 Å². The Kier molecular flexibility index (Phi) is 6.45. The van der Waals surface area contributed by atoms with Gasteiger partial charge >= 0.3 is 0 Å². The minimum Gasteiger partial charge on any atom is -0.494 e. The molecule has 7 nitrogen and oxygen atoms in total. The second-order valence-corrected chi connectivity index (χ2v) is 9.67. The van der Waals surface area contributed by atoms with Gasteiger partial charge in [-0.1, -0.05) is 18.2 Å². The molecule has 2 saturated heterocycles. The summed E-state index contributed by atoms with van der Waals surface area (Å²) in [7, 11) is 1.43. The first-order valence-electron chi connectivity index (χ1n) is 12.2. The minimum atomic E-state index is -0.523. The van der Waals surface area contributed by atoms with Crippen molar-refractivity contribution in [3.8, 4) is 5.75 Å². The van der Waals surface area contributed by atoms with Crippen molar-refractivity contribution in [2.75, 3.05) is 20.2 Å². The lowest BCUT2D eigenvalue weighted by molar-refractivity contribution is -0.133. The molecule has 2 amide bonds. The lowest BCUT2D eigenvalue weighted by Gasteiger charge is -2.34. The van der Waals surface area contributed by atoms with Crippen LogP contribution in [0.15, 0.2) is 46.9 Å². The highest BCUT2D eigenvalue weighted by Crippen LogP contribution is 2.33. The van der Waals surface area contributed by atoms with Gasteiger partial charge in [0.1, 0.15) is 5.52 Å². The smallest absolute Gasteiger partial charge is 0.222 e. The zero-order valence-electron chi connectivity index (χ0n) is 19.9. The second kappa shape index (κ2) is 9.68. The van der Waals surface area contributed by atoms with Crippen LogP contribution in [0.5, 0.6) is 5.75 Å². The summed E-state index contributed by atoms with van der Waals surface area (Å²) >= 11 is 0. The van der Waals surface area contributed by atoms with Crippen molar-refractivity contribution in [2.24, 2.45) is 0 Å². The van der Waals surface area contributed by atoms with Gasteiger partial charge < -0.3 is 19.4 Å². The third-order valence-corrected chi connectivity index (χ3v) is 7.24. The Bertz CT molecular complexity index is 1210. The Morgan fingerprint density at radius 2 is 2.17 bits per heavy atom. The largest absolute Gasteiger partial charge is 0.494 e. The number of aromatic nitrogens is 1. The van der Waals surface area contributed by atoms with Crippen molar-refractivity contribution >= 4 is 22.9 Å². The molecule has 1 aromatic heterocycles. The predicted octanol–water partition coefficient (Wildman–Crippen LogP) is 4.35. The van der Waals surface area contributed by atoms with Crippen LogP contribution in [0.3, 0.4) is 0 Å². The summed E-state index contributed by atoms with van der Waals surface area (Å²) in [6.45, 7) is 1.30. The molecule has 0 unspecified atom stereocenters. The number of ether oxygens (including phenoxy) is 1. The van der Waals surface area contributed by atoms with E-state index < -0.39 is 11.4 Å². The van der Waals surface area contributed by atoms with Crippen molar-refractivity contribution in [3.05, 3.63) is 59.7 Å². The molecule has 8 heteroatoms. The van der Waals surface area contributed by atoms with Crippen LogP contribution in [0, 0.1) is 5.82 Å². The van der Waals surface area contributed by atoms with E-state index in [2.05, 4.69) is 10.3 Å². The van der Waals surface area contributed by atoms with Gasteiger partial charge in [-0.05, 0) is 61.9 Å². The minimum absolute atomic E-state index is 0.0134. The van der Waals surface area contributed by atoms with Crippen LogP contribution in [-0.4, -0.2) is 47.4 Å². The summed E-state index contributed by atoms with van der Waals surface area (Å²) < 4.78 is 24.9. The molecule has 0 saturated carbocycles. The second-order valence-electron chi connectivity index (χ2n) is 9.67. The van der Waals surface area contributed by atoms with Crippen molar-refractivity contribution in [1.29, 1.82) is 0 Å². The number of rotatable bonds is 7. The number of likely N-dealkylation sites (tertiary alicyclic amines) is 1. The Balaban J connectivity index is 1.25. The average Bonchev–Trinajstić information content (AvgIpc) is 3.47. The van der Waals surface area contributed by atoms with E-state index in [1.54, 1.807) is 12.1 Å². The maximum atomic E-state index is 13.9. The Labute approximate surface area is 203 Å². The first-order chi connectivity index (χ1) is 16.9. The van der Waals surface area contributed by atoms with Crippen LogP contribution in [0.2, 0.25) is 0 Å². The highest BCUT2D eigenvalue weighted by atomic mass is 19.1. The van der Waals surface area contributed by atoms with Crippen molar-refractivity contribution in [1.82, 2.24) is 15.2 Å². The first kappa shape index (κ1) is 23.3. The number of benzene rings is 2. The van der Waals surface area contributed by atoms with Gasteiger partial charge in [-0.2, -0.15) is 0 Å². The van der Waals surface area contributed by atoms with Crippen LogP contribution >= 0.6 is 0 Å². The molecule has 3 aromatic rings. The number of carbonyl (C=O) groups excluding carboxylic acids is 2. The quantitative estimate of drug-likeness (QED) is 0.545. The van der Waals surface area contributed by atoms with E-state index in [-0.39, 0.29) is 23.5 Å². The van der Waals surface area contributed by atoms with Crippen molar-refractivity contribution < 1.29 is 23.1 Å². The molecule has 2 fully saturated rings. The number of amides is 2. The summed E-state index contributed by atoms with van der Waals surface area (Å²) in [6.07, 6.45) is 4.28. The third kappa shape index (κ3) is 5.01. The molecular formula is C27H30FN3O4. The number of oxazole rings is 1. The van der Waals surface area contributed by atoms with Gasteiger partial charge in [-0.25, -0.2) is 9.37 Å². The maximum Gasteiger partial charge on any atom is 0.222 e. The standard InChI is InChI=1S/C27H30FN3O4/c1-34-23-15-18(8-9-20(23)28)16-27(12-10-24(32)30-27)13-11-25(33)31-14-4-5-19(17-31)26-29-21-6-2-3-7-22(21)35-26/h2-3,6-9,15,19H,4-5,10-14,16-17H2,1H3,(H,30,32)/t19-,27-/m0/s1. The molecule has 0 bridgehead atoms. The molecule has 2 aromatic carbocycles. The molecule has 0 radical (unpaired) electrons. The number of hydrogen-bond donors (Lipinski definition) is 1. The predicted molar refractivity (Wildman–Crippen MR) is 129 cm³/mol. The van der Waals surface area contributed by atoms with E-state index >= 15 is 0 Å². The van der Waals surface area contributed by atoms with Crippen molar-refractivity contribution in [2.45, 2.75) is 56.4 Å². The Morgan fingerprint density at radius 3 is 2.94 bits per heavy atom. The molecule has 35 heavy (non-hydrogen) atoms. The molecule has 5 rings (SSSR count). The van der Waals surface area contributed by atoms with Gasteiger partial charge in [-0.3, -0.25) is 9.59 Å². The Morgan fingerprint density at radius 1 is 1.31 bits per heavy atom. The lowest BCUT2D eigenvalue weighted by atomic mass is 9.84. The highest BCUT2D eigenvalue weighted by Gasteiger charge is 2.39. The van der Waals surface area contributed by atoms with Gasteiger partial charge in [0.05, 0.1) is 13.0 Å². The molecule has 2 aliphatic rings. The fourth-order valence-corrected chi connectivity index (χ4v) is 5.36. The molecule has 0 aliphatic carbocycles. The van der Waals surface area contributed by atoms with Crippen molar-refractivity contribution in [3.63, 3.8) is 0 Å². The zero-order valence-corrected chi connectivity index (χ0v) is 19.9. The SMILES string of the molecule is COc1cc(C[C@@]2(CCC(=O)N3CCC[C@H](c4nc5ccccc5o4)C3)CCC(=O)N2)ccc1F. The van der Waals surface area contributed by atoms with Gasteiger partial charge in [0.15, 0.2) is 23.0 Å². The average molecular weight is 480 g/mol. The normalized spacial score (nSPS) is 22.4. The van der Waals surface area contributed by atoms with Gasteiger partial charge in [-0.15, -0.1) is 0 Å². The van der Waals surface area contributed by atoms with Crippen LogP contribution in [0.25, 0.3) is 11.1 Å². The molecule has 184 valence electrons. The molecular weight excluding hydrogens is 449 g/mol. The van der Waals surface area contributed by atoms with Gasteiger partial charge in [0.25, 0.3) is 0 Å². The summed E-state index contributed by atoms with van der Waals surface area (Å²) in [5.74, 6) is 0.579. The fourth-order valence-electron chi connectivity index (χ4n) is 5.36. The number of hydrogen-bond acceptors (Lipinski definition) is 5. The summed E-state index contributed by atoms with van der Waals surface area (Å²) in [5.41, 5.74) is 1.95. The van der Waals surface area contributed by atoms with E-state index in [4.69, 9.17) is 9.15 Å². The van der Waals surface area contributed by atoms with Crippen LogP contribution < -0.4 is 10.1 Å². The monoisotopic (exact) mass is 479 g/mol. The van der Waals surface area contributed by atoms with Crippen LogP contribution in [0.4, 0.5) is 4.39 Å². The molecule has 3 heterocycles. The Hall–Kier alpha value is -3.42. The topological polar surface area (TPSA) is 84.7 Å². The number of nitrogens with one attached hydrogen (secondary N) is 1. The fraction of sp³-hybridized carbons (Fsp3) is 0.444. The highest BCUT2D eigenvalue weighted by molar-refractivity contribution is 5.80. The number of nitrogens with zero attached hydrogens (tertiary/aromatic N) is 2. The van der Waals surface area contributed by atoms with Gasteiger partial charge in [0.2, 0.25) is 11.8 Å². The van der Waals surface area contributed by atoms with Gasteiger partial charge in [0, 0.05) is 31.5 Å². The molecule has 0 spiro atoms. The number of piperidine rings is 1. The lowest BCUT2D eigenvalue weighted by Crippen LogP contribution is -2.45. The number of halogens is 1. The maximum absolute atomic E-state index is 13.9. The van der Waals surface area contributed by atoms with E-state index in [1.807, 2.05) is 29.2 Å².